The summed E-state index contributed by atoms with van der Waals surface area (Å²) in [4.78, 5) is 15.4. The number of hydrogen-bond acceptors (Lipinski definition) is 3. The van der Waals surface area contributed by atoms with Crippen molar-refractivity contribution in [3.05, 3.63) is 24.3 Å². The number of nitrogens with zero attached hydrogens (tertiary/aromatic N) is 1. The molecule has 0 fully saturated rings. The molecule has 0 aliphatic carbocycles. The molecule has 1 aromatic heterocycles. The SMILES string of the molecule is CC(C)C[C@H](CN)CC(=O)Nc1ccncc1F. The second-order valence-electron chi connectivity index (χ2n) is 4.84. The van der Waals surface area contributed by atoms with Crippen LogP contribution in [-0.4, -0.2) is 17.4 Å². The number of amides is 1. The van der Waals surface area contributed by atoms with Crippen LogP contribution in [0.5, 0.6) is 0 Å². The van der Waals surface area contributed by atoms with Gasteiger partial charge in [-0.3, -0.25) is 9.78 Å². The number of nitrogens with one attached hydrogen (secondary N) is 1. The number of nitrogens with two attached hydrogens (primary N) is 1. The van der Waals surface area contributed by atoms with Gasteiger partial charge in [0.05, 0.1) is 11.9 Å². The summed E-state index contributed by atoms with van der Waals surface area (Å²) in [5.41, 5.74) is 5.79. The summed E-state index contributed by atoms with van der Waals surface area (Å²) in [6.45, 7) is 4.64. The van der Waals surface area contributed by atoms with Gasteiger partial charge in [-0.05, 0) is 30.9 Å². The highest BCUT2D eigenvalue weighted by Gasteiger charge is 2.15. The highest BCUT2D eigenvalue weighted by Crippen LogP contribution is 2.16. The molecule has 1 aromatic rings. The van der Waals surface area contributed by atoms with E-state index in [-0.39, 0.29) is 17.5 Å². The van der Waals surface area contributed by atoms with Crippen LogP contribution in [0.25, 0.3) is 0 Å². The molecule has 0 bridgehead atoms. The lowest BCUT2D eigenvalue weighted by Gasteiger charge is -2.16. The Morgan fingerprint density at radius 3 is 2.83 bits per heavy atom. The fraction of sp³-hybridized carbons (Fsp3) is 0.538. The van der Waals surface area contributed by atoms with Gasteiger partial charge in [0.2, 0.25) is 5.91 Å². The normalized spacial score (nSPS) is 12.5. The van der Waals surface area contributed by atoms with E-state index in [2.05, 4.69) is 24.1 Å². The molecule has 0 saturated heterocycles. The number of pyridine rings is 1. The van der Waals surface area contributed by atoms with Crippen molar-refractivity contribution in [3.63, 3.8) is 0 Å². The standard InChI is InChI=1S/C13H20FN3O/c1-9(2)5-10(7-15)6-13(18)17-12-3-4-16-8-11(12)14/h3-4,8-10H,5-7,15H2,1-2H3,(H,16,17,18)/t10-/m0/s1. The van der Waals surface area contributed by atoms with E-state index in [4.69, 9.17) is 5.73 Å². The average molecular weight is 253 g/mol. The molecule has 0 unspecified atom stereocenters. The first-order chi connectivity index (χ1) is 8.52. The first kappa shape index (κ1) is 14.6. The van der Waals surface area contributed by atoms with Gasteiger partial charge in [-0.15, -0.1) is 0 Å². The zero-order valence-electron chi connectivity index (χ0n) is 10.8. The van der Waals surface area contributed by atoms with Crippen molar-refractivity contribution in [1.82, 2.24) is 4.98 Å². The molecular formula is C13H20FN3O. The third-order valence-electron chi connectivity index (χ3n) is 2.66. The number of aromatic nitrogens is 1. The molecule has 1 atom stereocenters. The Hall–Kier alpha value is -1.49. The van der Waals surface area contributed by atoms with Gasteiger partial charge in [-0.2, -0.15) is 0 Å². The lowest BCUT2D eigenvalue weighted by atomic mass is 9.94. The third-order valence-corrected chi connectivity index (χ3v) is 2.66. The maximum atomic E-state index is 13.3. The minimum Gasteiger partial charge on any atom is -0.330 e. The fourth-order valence-electron chi connectivity index (χ4n) is 1.87. The lowest BCUT2D eigenvalue weighted by Crippen LogP contribution is -2.23. The topological polar surface area (TPSA) is 68.0 Å². The van der Waals surface area contributed by atoms with E-state index >= 15 is 0 Å². The van der Waals surface area contributed by atoms with Crippen LogP contribution >= 0.6 is 0 Å². The van der Waals surface area contributed by atoms with Gasteiger partial charge in [0.25, 0.3) is 0 Å². The summed E-state index contributed by atoms with van der Waals surface area (Å²) >= 11 is 0. The van der Waals surface area contributed by atoms with Crippen LogP contribution in [0.2, 0.25) is 0 Å². The maximum Gasteiger partial charge on any atom is 0.224 e. The Labute approximate surface area is 107 Å². The van der Waals surface area contributed by atoms with Gasteiger partial charge in [-0.25, -0.2) is 4.39 Å². The predicted octanol–water partition coefficient (Wildman–Crippen LogP) is 2.17. The van der Waals surface area contributed by atoms with Gasteiger partial charge in [0, 0.05) is 12.6 Å². The van der Waals surface area contributed by atoms with E-state index in [0.717, 1.165) is 12.6 Å². The second kappa shape index (κ2) is 7.06. The molecule has 5 heteroatoms. The van der Waals surface area contributed by atoms with Crippen molar-refractivity contribution in [2.45, 2.75) is 26.7 Å². The third kappa shape index (κ3) is 4.79. The molecule has 0 aliphatic rings. The van der Waals surface area contributed by atoms with E-state index in [1.807, 2.05) is 0 Å². The van der Waals surface area contributed by atoms with E-state index in [1.54, 1.807) is 0 Å². The molecule has 0 aromatic carbocycles. The first-order valence-corrected chi connectivity index (χ1v) is 6.12. The average Bonchev–Trinajstić information content (AvgIpc) is 2.30. The quantitative estimate of drug-likeness (QED) is 0.816. The van der Waals surface area contributed by atoms with E-state index < -0.39 is 5.82 Å². The molecule has 1 rings (SSSR count). The number of carbonyl (C=O) groups excluding carboxylic acids is 1. The van der Waals surface area contributed by atoms with Gasteiger partial charge in [0.15, 0.2) is 5.82 Å². The lowest BCUT2D eigenvalue weighted by molar-refractivity contribution is -0.117. The van der Waals surface area contributed by atoms with Crippen molar-refractivity contribution >= 4 is 11.6 Å². The smallest absolute Gasteiger partial charge is 0.224 e. The van der Waals surface area contributed by atoms with Crippen molar-refractivity contribution in [1.29, 1.82) is 0 Å². The van der Waals surface area contributed by atoms with Gasteiger partial charge in [-0.1, -0.05) is 13.8 Å². The molecule has 1 amide bonds. The Morgan fingerprint density at radius 1 is 1.56 bits per heavy atom. The Balaban J connectivity index is 2.53. The molecule has 4 nitrogen and oxygen atoms in total. The maximum absolute atomic E-state index is 13.3. The summed E-state index contributed by atoms with van der Waals surface area (Å²) in [5.74, 6) is -0.117. The molecule has 18 heavy (non-hydrogen) atoms. The summed E-state index contributed by atoms with van der Waals surface area (Å²) in [5, 5.41) is 2.54. The summed E-state index contributed by atoms with van der Waals surface area (Å²) in [6, 6.07) is 1.44. The van der Waals surface area contributed by atoms with Gasteiger partial charge in [0.1, 0.15) is 0 Å². The van der Waals surface area contributed by atoms with Crippen molar-refractivity contribution in [3.8, 4) is 0 Å². The summed E-state index contributed by atoms with van der Waals surface area (Å²) < 4.78 is 13.3. The predicted molar refractivity (Wildman–Crippen MR) is 69.4 cm³/mol. The molecular weight excluding hydrogens is 233 g/mol. The molecule has 1 heterocycles. The largest absolute Gasteiger partial charge is 0.330 e. The van der Waals surface area contributed by atoms with Crippen LogP contribution in [0, 0.1) is 17.7 Å². The van der Waals surface area contributed by atoms with Crippen LogP contribution in [0.3, 0.4) is 0 Å². The molecule has 100 valence electrons. The Bertz CT molecular complexity index is 396. The van der Waals surface area contributed by atoms with Gasteiger partial charge < -0.3 is 11.1 Å². The summed E-state index contributed by atoms with van der Waals surface area (Å²) in [6.07, 6.45) is 3.72. The van der Waals surface area contributed by atoms with Crippen LogP contribution in [0.15, 0.2) is 18.5 Å². The highest BCUT2D eigenvalue weighted by atomic mass is 19.1. The van der Waals surface area contributed by atoms with Crippen LogP contribution in [0.4, 0.5) is 10.1 Å². The Kier molecular flexibility index (Phi) is 5.71. The van der Waals surface area contributed by atoms with Crippen molar-refractivity contribution < 1.29 is 9.18 Å². The minimum absolute atomic E-state index is 0.134. The fourth-order valence-corrected chi connectivity index (χ4v) is 1.87. The monoisotopic (exact) mass is 253 g/mol. The number of halogens is 1. The Morgan fingerprint density at radius 2 is 2.28 bits per heavy atom. The van der Waals surface area contributed by atoms with Crippen LogP contribution in [0.1, 0.15) is 26.7 Å². The molecule has 0 saturated carbocycles. The molecule has 0 aliphatic heterocycles. The van der Waals surface area contributed by atoms with Crippen molar-refractivity contribution in [2.24, 2.45) is 17.6 Å². The molecule has 0 spiro atoms. The highest BCUT2D eigenvalue weighted by molar-refractivity contribution is 5.90. The van der Waals surface area contributed by atoms with Crippen molar-refractivity contribution in [2.75, 3.05) is 11.9 Å². The number of hydrogen-bond donors (Lipinski definition) is 2. The first-order valence-electron chi connectivity index (χ1n) is 6.12. The number of carbonyl (C=O) groups is 1. The summed E-state index contributed by atoms with van der Waals surface area (Å²) in [7, 11) is 0. The second-order valence-corrected chi connectivity index (χ2v) is 4.84. The minimum atomic E-state index is -0.529. The zero-order chi connectivity index (χ0) is 13.5. The van der Waals surface area contributed by atoms with E-state index in [1.165, 1.54) is 12.3 Å². The van der Waals surface area contributed by atoms with Gasteiger partial charge >= 0.3 is 0 Å². The van der Waals surface area contributed by atoms with E-state index in [0.29, 0.717) is 18.9 Å². The number of anilines is 1. The van der Waals surface area contributed by atoms with Crippen LogP contribution in [-0.2, 0) is 4.79 Å². The molecule has 0 radical (unpaired) electrons. The van der Waals surface area contributed by atoms with E-state index in [9.17, 15) is 9.18 Å². The van der Waals surface area contributed by atoms with Crippen LogP contribution < -0.4 is 11.1 Å². The zero-order valence-corrected chi connectivity index (χ0v) is 10.8. The molecule has 3 N–H and O–H groups in total. The number of rotatable bonds is 6.